The summed E-state index contributed by atoms with van der Waals surface area (Å²) in [4.78, 5) is 28.0. The molecule has 0 radical (unpaired) electrons. The third-order valence-corrected chi connectivity index (χ3v) is 8.19. The lowest BCUT2D eigenvalue weighted by Gasteiger charge is -2.32. The average Bonchev–Trinajstić information content (AvgIpc) is 2.96. The van der Waals surface area contributed by atoms with Crippen LogP contribution in [0.3, 0.4) is 0 Å². The summed E-state index contributed by atoms with van der Waals surface area (Å²) in [5, 5.41) is 2.81. The number of anilines is 1. The zero-order valence-electron chi connectivity index (χ0n) is 23.8. The van der Waals surface area contributed by atoms with E-state index in [-0.39, 0.29) is 34.8 Å². The Morgan fingerprint density at radius 1 is 0.902 bits per heavy atom. The number of rotatable bonds is 13. The van der Waals surface area contributed by atoms with Gasteiger partial charge in [-0.2, -0.15) is 0 Å². The van der Waals surface area contributed by atoms with Crippen LogP contribution < -0.4 is 19.1 Å². The molecule has 0 heterocycles. The lowest BCUT2D eigenvalue weighted by Crippen LogP contribution is -2.53. The quantitative estimate of drug-likeness (QED) is 0.325. The Morgan fingerprint density at radius 3 is 2.12 bits per heavy atom. The van der Waals surface area contributed by atoms with E-state index in [1.165, 1.54) is 49.5 Å². The molecule has 0 aromatic heterocycles. The van der Waals surface area contributed by atoms with Crippen molar-refractivity contribution in [3.05, 3.63) is 84.2 Å². The lowest BCUT2D eigenvalue weighted by atomic mass is 10.1. The van der Waals surface area contributed by atoms with Gasteiger partial charge in [-0.05, 0) is 69.2 Å². The summed E-state index contributed by atoms with van der Waals surface area (Å²) in [6, 6.07) is 17.3. The minimum atomic E-state index is -4.36. The lowest BCUT2D eigenvalue weighted by molar-refractivity contribution is -0.139. The molecule has 41 heavy (non-hydrogen) atoms. The summed E-state index contributed by atoms with van der Waals surface area (Å²) in [6.45, 7) is 4.77. The number of sulfonamides is 1. The first-order valence-electron chi connectivity index (χ1n) is 13.1. The van der Waals surface area contributed by atoms with Gasteiger partial charge in [0.05, 0.1) is 24.8 Å². The van der Waals surface area contributed by atoms with E-state index in [0.29, 0.717) is 12.2 Å². The zero-order chi connectivity index (χ0) is 30.2. The highest BCUT2D eigenvalue weighted by molar-refractivity contribution is 7.92. The highest BCUT2D eigenvalue weighted by atomic mass is 32.2. The number of amides is 2. The van der Waals surface area contributed by atoms with Crippen LogP contribution in [0.2, 0.25) is 0 Å². The van der Waals surface area contributed by atoms with Crippen molar-refractivity contribution in [2.24, 2.45) is 0 Å². The second-order valence-corrected chi connectivity index (χ2v) is 11.5. The fourth-order valence-corrected chi connectivity index (χ4v) is 5.65. The largest absolute Gasteiger partial charge is 0.493 e. The molecule has 2 amide bonds. The highest BCUT2D eigenvalue weighted by Gasteiger charge is 2.33. The molecule has 3 rings (SSSR count). The van der Waals surface area contributed by atoms with E-state index in [1.54, 1.807) is 6.92 Å². The number of ether oxygens (including phenoxy) is 2. The second-order valence-electron chi connectivity index (χ2n) is 9.67. The van der Waals surface area contributed by atoms with Gasteiger partial charge in [-0.1, -0.05) is 30.3 Å². The van der Waals surface area contributed by atoms with Crippen LogP contribution in [0, 0.1) is 5.82 Å². The van der Waals surface area contributed by atoms with Gasteiger partial charge in [0.15, 0.2) is 11.5 Å². The average molecular weight is 586 g/mol. The van der Waals surface area contributed by atoms with Crippen LogP contribution >= 0.6 is 0 Å². The summed E-state index contributed by atoms with van der Waals surface area (Å²) in [5.41, 5.74) is 1.03. The topological polar surface area (TPSA) is 105 Å². The van der Waals surface area contributed by atoms with Gasteiger partial charge in [0, 0.05) is 18.7 Å². The summed E-state index contributed by atoms with van der Waals surface area (Å²) in [5.74, 6) is -1.01. The Labute approximate surface area is 240 Å². The Kier molecular flexibility index (Phi) is 10.7. The normalized spacial score (nSPS) is 12.0. The molecule has 1 atom stereocenters. The molecule has 0 saturated heterocycles. The molecule has 0 aliphatic rings. The number of halogens is 1. The zero-order valence-corrected chi connectivity index (χ0v) is 24.7. The number of hydrogen-bond acceptors (Lipinski definition) is 6. The van der Waals surface area contributed by atoms with Crippen molar-refractivity contribution < 1.29 is 31.9 Å². The standard InChI is InChI=1S/C30H36FN3O6S/c1-21(2)32-30(36)22(3)33(18-17-23-9-7-6-8-10-23)29(35)20-34(25-13-11-24(31)12-14-25)41(37,38)26-15-16-27(39-4)28(19-26)40-5/h6-16,19,21-22H,17-18,20H2,1-5H3,(H,32,36)/t22-/m0/s1. The minimum Gasteiger partial charge on any atom is -0.493 e. The third kappa shape index (κ3) is 7.97. The van der Waals surface area contributed by atoms with E-state index < -0.39 is 34.3 Å². The maximum atomic E-state index is 14.0. The molecule has 11 heteroatoms. The van der Waals surface area contributed by atoms with E-state index >= 15 is 0 Å². The number of benzene rings is 3. The van der Waals surface area contributed by atoms with Crippen LogP contribution in [0.15, 0.2) is 77.7 Å². The van der Waals surface area contributed by atoms with Gasteiger partial charge in [0.1, 0.15) is 18.4 Å². The molecular weight excluding hydrogens is 549 g/mol. The number of nitrogens with zero attached hydrogens (tertiary/aromatic N) is 2. The van der Waals surface area contributed by atoms with Crippen LogP contribution in [0.4, 0.5) is 10.1 Å². The van der Waals surface area contributed by atoms with E-state index in [2.05, 4.69) is 5.32 Å². The van der Waals surface area contributed by atoms with E-state index in [0.717, 1.165) is 22.0 Å². The Hall–Kier alpha value is -4.12. The Bertz CT molecular complexity index is 1430. The summed E-state index contributed by atoms with van der Waals surface area (Å²) < 4.78 is 53.1. The van der Waals surface area contributed by atoms with Gasteiger partial charge in [-0.3, -0.25) is 13.9 Å². The molecular formula is C30H36FN3O6S. The van der Waals surface area contributed by atoms with Gasteiger partial charge in [0.2, 0.25) is 11.8 Å². The smallest absolute Gasteiger partial charge is 0.264 e. The van der Waals surface area contributed by atoms with Crippen molar-refractivity contribution in [2.75, 3.05) is 31.6 Å². The van der Waals surface area contributed by atoms with Crippen LogP contribution in [0.1, 0.15) is 26.3 Å². The summed E-state index contributed by atoms with van der Waals surface area (Å²) >= 11 is 0. The molecule has 220 valence electrons. The third-order valence-electron chi connectivity index (χ3n) is 6.42. The van der Waals surface area contributed by atoms with Crippen LogP contribution in [0.5, 0.6) is 11.5 Å². The van der Waals surface area contributed by atoms with Gasteiger partial charge in [0.25, 0.3) is 10.0 Å². The monoisotopic (exact) mass is 585 g/mol. The maximum Gasteiger partial charge on any atom is 0.264 e. The first kappa shape index (κ1) is 31.4. The van der Waals surface area contributed by atoms with E-state index in [9.17, 15) is 22.4 Å². The highest BCUT2D eigenvalue weighted by Crippen LogP contribution is 2.32. The number of nitrogens with one attached hydrogen (secondary N) is 1. The molecule has 0 aliphatic carbocycles. The predicted octanol–water partition coefficient (Wildman–Crippen LogP) is 4.02. The van der Waals surface area contributed by atoms with Gasteiger partial charge >= 0.3 is 0 Å². The van der Waals surface area contributed by atoms with Gasteiger partial charge < -0.3 is 19.7 Å². The van der Waals surface area contributed by atoms with E-state index in [1.807, 2.05) is 44.2 Å². The molecule has 3 aromatic rings. The Balaban J connectivity index is 2.02. The van der Waals surface area contributed by atoms with Gasteiger partial charge in [-0.25, -0.2) is 12.8 Å². The maximum absolute atomic E-state index is 14.0. The van der Waals surface area contributed by atoms with Crippen molar-refractivity contribution in [3.63, 3.8) is 0 Å². The molecule has 0 bridgehead atoms. The minimum absolute atomic E-state index is 0.0804. The number of carbonyl (C=O) groups excluding carboxylic acids is 2. The van der Waals surface area contributed by atoms with Crippen LogP contribution in [0.25, 0.3) is 0 Å². The second kappa shape index (κ2) is 14.0. The Morgan fingerprint density at radius 2 is 1.54 bits per heavy atom. The molecule has 0 saturated carbocycles. The SMILES string of the molecule is COc1ccc(S(=O)(=O)N(CC(=O)N(CCc2ccccc2)[C@@H](C)C(=O)NC(C)C)c2ccc(F)cc2)cc1OC. The fraction of sp³-hybridized carbons (Fsp3) is 0.333. The van der Waals surface area contributed by atoms with Crippen molar-refractivity contribution in [2.45, 2.75) is 44.2 Å². The van der Waals surface area contributed by atoms with Crippen molar-refractivity contribution in [3.8, 4) is 11.5 Å². The van der Waals surface area contributed by atoms with Crippen LogP contribution in [-0.2, 0) is 26.0 Å². The van der Waals surface area contributed by atoms with Gasteiger partial charge in [-0.15, -0.1) is 0 Å². The predicted molar refractivity (Wildman–Crippen MR) is 155 cm³/mol. The number of methoxy groups -OCH3 is 2. The fourth-order valence-electron chi connectivity index (χ4n) is 4.22. The van der Waals surface area contributed by atoms with E-state index in [4.69, 9.17) is 9.47 Å². The molecule has 1 N–H and O–H groups in total. The molecule has 0 spiro atoms. The first-order chi connectivity index (χ1) is 19.5. The van der Waals surface area contributed by atoms with Crippen molar-refractivity contribution in [1.82, 2.24) is 10.2 Å². The molecule has 0 unspecified atom stereocenters. The summed E-state index contributed by atoms with van der Waals surface area (Å²) in [7, 11) is -1.55. The molecule has 9 nitrogen and oxygen atoms in total. The number of hydrogen-bond donors (Lipinski definition) is 1. The summed E-state index contributed by atoms with van der Waals surface area (Å²) in [6.07, 6.45) is 0.449. The van der Waals surface area contributed by atoms with Crippen molar-refractivity contribution in [1.29, 1.82) is 0 Å². The molecule has 0 fully saturated rings. The van der Waals surface area contributed by atoms with Crippen LogP contribution in [-0.4, -0.2) is 64.5 Å². The molecule has 0 aliphatic heterocycles. The van der Waals surface area contributed by atoms with Crippen molar-refractivity contribution >= 4 is 27.5 Å². The first-order valence-corrected chi connectivity index (χ1v) is 14.6. The number of carbonyl (C=O) groups is 2. The molecule has 3 aromatic carbocycles.